The van der Waals surface area contributed by atoms with Gasteiger partial charge in [0.05, 0.1) is 13.2 Å². The number of rotatable bonds is 6. The summed E-state index contributed by atoms with van der Waals surface area (Å²) in [6, 6.07) is 0.167. The highest BCUT2D eigenvalue weighted by atomic mass is 16.5. The molecule has 0 rings (SSSR count). The quantitative estimate of drug-likeness (QED) is 0.586. The minimum absolute atomic E-state index is 0.167. The van der Waals surface area contributed by atoms with Crippen molar-refractivity contribution in [3.8, 4) is 0 Å². The number of hydrogen-bond donors (Lipinski definition) is 2. The lowest BCUT2D eigenvalue weighted by molar-refractivity contribution is 0.115. The maximum absolute atomic E-state index is 8.94. The Balaban J connectivity index is 3.61. The topological polar surface area (TPSA) is 41.5 Å². The number of likely N-dealkylation sites (N-methyl/N-ethyl adjacent to an activating group) is 1. The van der Waals surface area contributed by atoms with Crippen molar-refractivity contribution in [2.24, 2.45) is 5.92 Å². The van der Waals surface area contributed by atoms with Gasteiger partial charge in [-0.05, 0) is 12.5 Å². The van der Waals surface area contributed by atoms with Crippen LogP contribution in [0.4, 0.5) is 0 Å². The molecule has 11 heavy (non-hydrogen) atoms. The maximum Gasteiger partial charge on any atom is 0.0588 e. The van der Waals surface area contributed by atoms with E-state index in [-0.39, 0.29) is 12.6 Å². The first-order chi connectivity index (χ1) is 5.26. The molecule has 0 aromatic carbocycles. The first-order valence-corrected chi connectivity index (χ1v) is 4.09. The van der Waals surface area contributed by atoms with E-state index >= 15 is 0 Å². The Bertz CT molecular complexity index is 88.2. The highest BCUT2D eigenvalue weighted by Gasteiger charge is 2.13. The Hall–Kier alpha value is -0.120. The summed E-state index contributed by atoms with van der Waals surface area (Å²) >= 11 is 0. The average Bonchev–Trinajstić information content (AvgIpc) is 2.00. The molecule has 3 nitrogen and oxygen atoms in total. The Kier molecular flexibility index (Phi) is 6.51. The van der Waals surface area contributed by atoms with Gasteiger partial charge >= 0.3 is 0 Å². The van der Waals surface area contributed by atoms with Crippen LogP contribution in [-0.4, -0.2) is 38.0 Å². The van der Waals surface area contributed by atoms with E-state index in [9.17, 15) is 0 Å². The number of methoxy groups -OCH3 is 1. The lowest BCUT2D eigenvalue weighted by atomic mass is 10.0. The van der Waals surface area contributed by atoms with Gasteiger partial charge in [-0.1, -0.05) is 13.8 Å². The van der Waals surface area contributed by atoms with Crippen LogP contribution in [0.25, 0.3) is 0 Å². The lowest BCUT2D eigenvalue weighted by Crippen LogP contribution is -2.39. The third kappa shape index (κ3) is 4.35. The molecule has 0 saturated heterocycles. The summed E-state index contributed by atoms with van der Waals surface area (Å²) in [7, 11) is 1.68. The molecule has 0 aromatic heterocycles. The van der Waals surface area contributed by atoms with E-state index in [0.717, 1.165) is 6.54 Å². The van der Waals surface area contributed by atoms with Gasteiger partial charge in [-0.3, -0.25) is 0 Å². The smallest absolute Gasteiger partial charge is 0.0588 e. The van der Waals surface area contributed by atoms with E-state index in [0.29, 0.717) is 12.5 Å². The molecule has 3 heteroatoms. The van der Waals surface area contributed by atoms with Crippen molar-refractivity contribution in [2.75, 3.05) is 26.9 Å². The van der Waals surface area contributed by atoms with Gasteiger partial charge in [0, 0.05) is 13.2 Å². The first-order valence-electron chi connectivity index (χ1n) is 4.09. The summed E-state index contributed by atoms with van der Waals surface area (Å²) in [6.45, 7) is 5.85. The SMILES string of the molecule is CCNC(CO)C(C)COC. The van der Waals surface area contributed by atoms with Crippen LogP contribution in [0.15, 0.2) is 0 Å². The summed E-state index contributed by atoms with van der Waals surface area (Å²) in [5, 5.41) is 12.1. The molecular weight excluding hydrogens is 142 g/mol. The predicted octanol–water partition coefficient (Wildman–Crippen LogP) is 0.239. The van der Waals surface area contributed by atoms with Gasteiger partial charge in [0.2, 0.25) is 0 Å². The van der Waals surface area contributed by atoms with Gasteiger partial charge in [0.15, 0.2) is 0 Å². The van der Waals surface area contributed by atoms with E-state index in [1.807, 2.05) is 6.92 Å². The minimum atomic E-state index is 0.167. The zero-order chi connectivity index (χ0) is 8.69. The number of aliphatic hydroxyl groups excluding tert-OH is 1. The van der Waals surface area contributed by atoms with Crippen LogP contribution in [0.5, 0.6) is 0 Å². The number of hydrogen-bond acceptors (Lipinski definition) is 3. The Labute approximate surface area is 68.8 Å². The second-order valence-corrected chi connectivity index (χ2v) is 2.78. The molecule has 0 aliphatic carbocycles. The van der Waals surface area contributed by atoms with Crippen molar-refractivity contribution >= 4 is 0 Å². The van der Waals surface area contributed by atoms with Gasteiger partial charge in [-0.2, -0.15) is 0 Å². The molecule has 0 saturated carbocycles. The fourth-order valence-corrected chi connectivity index (χ4v) is 1.09. The van der Waals surface area contributed by atoms with Gasteiger partial charge < -0.3 is 15.2 Å². The summed E-state index contributed by atoms with van der Waals surface area (Å²) in [6.07, 6.45) is 0. The fraction of sp³-hybridized carbons (Fsp3) is 1.00. The Morgan fingerprint density at radius 3 is 2.55 bits per heavy atom. The van der Waals surface area contributed by atoms with Crippen LogP contribution in [0.2, 0.25) is 0 Å². The van der Waals surface area contributed by atoms with E-state index < -0.39 is 0 Å². The second kappa shape index (κ2) is 6.58. The second-order valence-electron chi connectivity index (χ2n) is 2.78. The Morgan fingerprint density at radius 1 is 1.55 bits per heavy atom. The lowest BCUT2D eigenvalue weighted by Gasteiger charge is -2.21. The maximum atomic E-state index is 8.94. The van der Waals surface area contributed by atoms with Crippen LogP contribution < -0.4 is 5.32 Å². The number of nitrogens with one attached hydrogen (secondary N) is 1. The van der Waals surface area contributed by atoms with E-state index in [2.05, 4.69) is 12.2 Å². The minimum Gasteiger partial charge on any atom is -0.395 e. The van der Waals surface area contributed by atoms with Gasteiger partial charge in [0.1, 0.15) is 0 Å². The Morgan fingerprint density at radius 2 is 2.18 bits per heavy atom. The summed E-state index contributed by atoms with van der Waals surface area (Å²) < 4.78 is 4.98. The number of aliphatic hydroxyl groups is 1. The van der Waals surface area contributed by atoms with Crippen LogP contribution in [0.1, 0.15) is 13.8 Å². The van der Waals surface area contributed by atoms with Crippen LogP contribution in [0.3, 0.4) is 0 Å². The largest absolute Gasteiger partial charge is 0.395 e. The number of ether oxygens (including phenoxy) is 1. The van der Waals surface area contributed by atoms with Crippen molar-refractivity contribution in [3.63, 3.8) is 0 Å². The molecular formula is C8H19NO2. The fourth-order valence-electron chi connectivity index (χ4n) is 1.09. The molecule has 0 radical (unpaired) electrons. The van der Waals surface area contributed by atoms with Crippen molar-refractivity contribution < 1.29 is 9.84 Å². The third-order valence-corrected chi connectivity index (χ3v) is 1.78. The molecule has 0 fully saturated rings. The summed E-state index contributed by atoms with van der Waals surface area (Å²) in [5.41, 5.74) is 0. The van der Waals surface area contributed by atoms with E-state index in [1.54, 1.807) is 7.11 Å². The molecule has 2 unspecified atom stereocenters. The highest BCUT2D eigenvalue weighted by molar-refractivity contribution is 4.70. The zero-order valence-corrected chi connectivity index (χ0v) is 7.63. The average molecular weight is 161 g/mol. The van der Waals surface area contributed by atoms with E-state index in [4.69, 9.17) is 9.84 Å². The monoisotopic (exact) mass is 161 g/mol. The molecule has 68 valence electrons. The highest BCUT2D eigenvalue weighted by Crippen LogP contribution is 2.01. The standard InChI is InChI=1S/C8H19NO2/c1-4-9-8(5-10)7(2)6-11-3/h7-10H,4-6H2,1-3H3. The summed E-state index contributed by atoms with van der Waals surface area (Å²) in [4.78, 5) is 0. The van der Waals surface area contributed by atoms with Crippen molar-refractivity contribution in [1.29, 1.82) is 0 Å². The molecule has 0 aliphatic heterocycles. The van der Waals surface area contributed by atoms with Gasteiger partial charge in [-0.15, -0.1) is 0 Å². The zero-order valence-electron chi connectivity index (χ0n) is 7.63. The van der Waals surface area contributed by atoms with Crippen molar-refractivity contribution in [3.05, 3.63) is 0 Å². The molecule has 0 amide bonds. The molecule has 0 spiro atoms. The van der Waals surface area contributed by atoms with Gasteiger partial charge in [0.25, 0.3) is 0 Å². The van der Waals surface area contributed by atoms with Crippen LogP contribution >= 0.6 is 0 Å². The van der Waals surface area contributed by atoms with Crippen LogP contribution in [0, 0.1) is 5.92 Å². The van der Waals surface area contributed by atoms with Crippen molar-refractivity contribution in [1.82, 2.24) is 5.32 Å². The van der Waals surface area contributed by atoms with Crippen molar-refractivity contribution in [2.45, 2.75) is 19.9 Å². The predicted molar refractivity (Wildman–Crippen MR) is 45.6 cm³/mol. The molecule has 2 N–H and O–H groups in total. The molecule has 0 aliphatic rings. The van der Waals surface area contributed by atoms with E-state index in [1.165, 1.54) is 0 Å². The summed E-state index contributed by atoms with van der Waals surface area (Å²) in [5.74, 6) is 0.366. The third-order valence-electron chi connectivity index (χ3n) is 1.78. The molecule has 2 atom stereocenters. The van der Waals surface area contributed by atoms with Crippen LogP contribution in [-0.2, 0) is 4.74 Å². The normalized spacial score (nSPS) is 16.4. The first kappa shape index (κ1) is 10.9. The molecule has 0 aromatic rings. The molecule has 0 heterocycles. The van der Waals surface area contributed by atoms with Gasteiger partial charge in [-0.25, -0.2) is 0 Å². The molecule has 0 bridgehead atoms.